The van der Waals surface area contributed by atoms with E-state index in [2.05, 4.69) is 46.0 Å². The van der Waals surface area contributed by atoms with E-state index < -0.39 is 0 Å². The first-order chi connectivity index (χ1) is 7.70. The monoisotopic (exact) mass is 284 g/mol. The summed E-state index contributed by atoms with van der Waals surface area (Å²) in [5.74, 6) is 0. The van der Waals surface area contributed by atoms with E-state index in [1.807, 2.05) is 0 Å². The van der Waals surface area contributed by atoms with E-state index >= 15 is 0 Å². The Balaban J connectivity index is 2.16. The number of anilines is 1. The maximum Gasteiger partial charge on any atom is 0.0872 e. The van der Waals surface area contributed by atoms with E-state index in [0.717, 1.165) is 24.2 Å². The molecule has 2 N–H and O–H groups in total. The first-order valence-electron chi connectivity index (χ1n) is 5.53. The van der Waals surface area contributed by atoms with Crippen LogP contribution in [0.15, 0.2) is 22.7 Å². The van der Waals surface area contributed by atoms with Gasteiger partial charge in [-0.1, -0.05) is 15.9 Å². The van der Waals surface area contributed by atoms with Crippen LogP contribution in [0.25, 0.3) is 0 Å². The largest absolute Gasteiger partial charge is 0.373 e. The third-order valence-electron chi connectivity index (χ3n) is 2.90. The maximum atomic E-state index is 5.65. The van der Waals surface area contributed by atoms with Gasteiger partial charge in [-0.05, 0) is 30.7 Å². The highest BCUT2D eigenvalue weighted by molar-refractivity contribution is 9.10. The lowest BCUT2D eigenvalue weighted by Crippen LogP contribution is -2.45. The zero-order chi connectivity index (χ0) is 11.5. The van der Waals surface area contributed by atoms with Gasteiger partial charge in [0.2, 0.25) is 0 Å². The van der Waals surface area contributed by atoms with Crippen LogP contribution < -0.4 is 10.6 Å². The fourth-order valence-corrected chi connectivity index (χ4v) is 2.53. The van der Waals surface area contributed by atoms with Crippen LogP contribution in [-0.4, -0.2) is 32.3 Å². The van der Waals surface area contributed by atoms with Gasteiger partial charge in [-0.3, -0.25) is 0 Å². The lowest BCUT2D eigenvalue weighted by atomic mass is 10.1. The van der Waals surface area contributed by atoms with Crippen molar-refractivity contribution in [3.63, 3.8) is 0 Å². The number of rotatable bonds is 2. The van der Waals surface area contributed by atoms with Crippen LogP contribution in [0, 0.1) is 6.92 Å². The van der Waals surface area contributed by atoms with Crippen molar-refractivity contribution < 1.29 is 4.74 Å². The fraction of sp³-hybridized carbons (Fsp3) is 0.500. The van der Waals surface area contributed by atoms with Gasteiger partial charge in [0.05, 0.1) is 12.7 Å². The lowest BCUT2D eigenvalue weighted by molar-refractivity contribution is 0.0465. The summed E-state index contributed by atoms with van der Waals surface area (Å²) in [4.78, 5) is 2.35. The van der Waals surface area contributed by atoms with Gasteiger partial charge in [-0.15, -0.1) is 0 Å². The minimum atomic E-state index is 0.164. The Morgan fingerprint density at radius 3 is 3.06 bits per heavy atom. The van der Waals surface area contributed by atoms with Gasteiger partial charge in [0.1, 0.15) is 0 Å². The van der Waals surface area contributed by atoms with Crippen LogP contribution in [0.5, 0.6) is 0 Å². The number of ether oxygens (including phenoxy) is 1. The number of hydrogen-bond acceptors (Lipinski definition) is 3. The van der Waals surface area contributed by atoms with Crippen LogP contribution in [0.1, 0.15) is 5.56 Å². The Morgan fingerprint density at radius 1 is 1.56 bits per heavy atom. The first-order valence-corrected chi connectivity index (χ1v) is 6.33. The molecule has 1 unspecified atom stereocenters. The molecule has 3 nitrogen and oxygen atoms in total. The van der Waals surface area contributed by atoms with Gasteiger partial charge < -0.3 is 15.4 Å². The van der Waals surface area contributed by atoms with Gasteiger partial charge in [0.15, 0.2) is 0 Å². The molecule has 0 saturated carbocycles. The van der Waals surface area contributed by atoms with Crippen molar-refractivity contribution in [3.8, 4) is 0 Å². The summed E-state index contributed by atoms with van der Waals surface area (Å²) in [5, 5.41) is 0. The number of morpholine rings is 1. The van der Waals surface area contributed by atoms with Crippen molar-refractivity contribution in [2.24, 2.45) is 5.73 Å². The van der Waals surface area contributed by atoms with E-state index in [1.165, 1.54) is 11.3 Å². The molecule has 1 atom stereocenters. The van der Waals surface area contributed by atoms with Gasteiger partial charge in [0, 0.05) is 29.8 Å². The molecule has 16 heavy (non-hydrogen) atoms. The summed E-state index contributed by atoms with van der Waals surface area (Å²) in [7, 11) is 0. The van der Waals surface area contributed by atoms with Crippen LogP contribution >= 0.6 is 15.9 Å². The molecule has 0 spiro atoms. The first kappa shape index (κ1) is 11.9. The van der Waals surface area contributed by atoms with Crippen LogP contribution in [0.4, 0.5) is 5.69 Å². The third-order valence-corrected chi connectivity index (χ3v) is 3.39. The lowest BCUT2D eigenvalue weighted by Gasteiger charge is -2.34. The molecule has 4 heteroatoms. The van der Waals surface area contributed by atoms with Crippen LogP contribution in [0.2, 0.25) is 0 Å². The van der Waals surface area contributed by atoms with Crippen molar-refractivity contribution in [3.05, 3.63) is 28.2 Å². The minimum Gasteiger partial charge on any atom is -0.373 e. The number of hydrogen-bond donors (Lipinski definition) is 1. The molecule has 2 rings (SSSR count). The highest BCUT2D eigenvalue weighted by Crippen LogP contribution is 2.25. The predicted molar refractivity (Wildman–Crippen MR) is 69.9 cm³/mol. The van der Waals surface area contributed by atoms with Crippen molar-refractivity contribution in [1.82, 2.24) is 0 Å². The molecule has 1 fully saturated rings. The summed E-state index contributed by atoms with van der Waals surface area (Å²) in [6.07, 6.45) is 0.164. The second-order valence-corrected chi connectivity index (χ2v) is 5.02. The summed E-state index contributed by atoms with van der Waals surface area (Å²) in [6.45, 7) is 5.31. The van der Waals surface area contributed by atoms with Gasteiger partial charge in [-0.2, -0.15) is 0 Å². The summed E-state index contributed by atoms with van der Waals surface area (Å²) < 4.78 is 6.69. The smallest absolute Gasteiger partial charge is 0.0872 e. The topological polar surface area (TPSA) is 38.5 Å². The standard InChI is InChI=1S/C12H17BrN2O/c1-9-6-10(13)2-3-12(9)15-4-5-16-11(7-14)8-15/h2-3,6,11H,4-5,7-8,14H2,1H3. The Kier molecular flexibility index (Phi) is 3.84. The minimum absolute atomic E-state index is 0.164. The Bertz CT molecular complexity index is 370. The normalized spacial score (nSPS) is 21.2. The average Bonchev–Trinajstić information content (AvgIpc) is 2.29. The number of halogens is 1. The predicted octanol–water partition coefficient (Wildman–Crippen LogP) is 1.92. The van der Waals surface area contributed by atoms with Crippen molar-refractivity contribution in [2.75, 3.05) is 31.1 Å². The van der Waals surface area contributed by atoms with E-state index in [9.17, 15) is 0 Å². The second-order valence-electron chi connectivity index (χ2n) is 4.11. The Hall–Kier alpha value is -0.580. The van der Waals surface area contributed by atoms with Crippen LogP contribution in [0.3, 0.4) is 0 Å². The zero-order valence-corrected chi connectivity index (χ0v) is 11.0. The summed E-state index contributed by atoms with van der Waals surface area (Å²) >= 11 is 3.48. The highest BCUT2D eigenvalue weighted by Gasteiger charge is 2.20. The van der Waals surface area contributed by atoms with E-state index in [0.29, 0.717) is 6.54 Å². The fourth-order valence-electron chi connectivity index (χ4n) is 2.05. The quantitative estimate of drug-likeness (QED) is 0.902. The summed E-state index contributed by atoms with van der Waals surface area (Å²) in [6, 6.07) is 6.37. The number of nitrogens with two attached hydrogens (primary N) is 1. The molecule has 0 aromatic heterocycles. The molecule has 1 aliphatic heterocycles. The van der Waals surface area contributed by atoms with Gasteiger partial charge >= 0.3 is 0 Å². The molecule has 0 aliphatic carbocycles. The molecule has 0 radical (unpaired) electrons. The van der Waals surface area contributed by atoms with Crippen LogP contribution in [-0.2, 0) is 4.74 Å². The number of benzene rings is 1. The molecular formula is C12H17BrN2O. The maximum absolute atomic E-state index is 5.65. The molecule has 1 aliphatic rings. The molecule has 1 aromatic rings. The van der Waals surface area contributed by atoms with Crippen molar-refractivity contribution in [1.29, 1.82) is 0 Å². The number of nitrogens with zero attached hydrogens (tertiary/aromatic N) is 1. The van der Waals surface area contributed by atoms with E-state index in [1.54, 1.807) is 0 Å². The Labute approximate surface area is 105 Å². The molecule has 1 aromatic carbocycles. The molecule has 0 bridgehead atoms. The Morgan fingerprint density at radius 2 is 2.38 bits per heavy atom. The molecule has 88 valence electrons. The molecular weight excluding hydrogens is 268 g/mol. The number of aryl methyl sites for hydroxylation is 1. The molecule has 1 heterocycles. The molecule has 0 amide bonds. The summed E-state index contributed by atoms with van der Waals surface area (Å²) in [5.41, 5.74) is 8.21. The van der Waals surface area contributed by atoms with Crippen molar-refractivity contribution >= 4 is 21.6 Å². The highest BCUT2D eigenvalue weighted by atomic mass is 79.9. The SMILES string of the molecule is Cc1cc(Br)ccc1N1CCOC(CN)C1. The second kappa shape index (κ2) is 5.17. The van der Waals surface area contributed by atoms with Gasteiger partial charge in [-0.25, -0.2) is 0 Å². The van der Waals surface area contributed by atoms with Crippen molar-refractivity contribution in [2.45, 2.75) is 13.0 Å². The molecule has 1 saturated heterocycles. The van der Waals surface area contributed by atoms with E-state index in [-0.39, 0.29) is 6.10 Å². The average molecular weight is 285 g/mol. The third kappa shape index (κ3) is 2.56. The zero-order valence-electron chi connectivity index (χ0n) is 9.45. The van der Waals surface area contributed by atoms with Gasteiger partial charge in [0.25, 0.3) is 0 Å². The van der Waals surface area contributed by atoms with E-state index in [4.69, 9.17) is 10.5 Å².